The molecule has 0 heterocycles. The van der Waals surface area contributed by atoms with Gasteiger partial charge in [-0.1, -0.05) is 11.6 Å². The number of benzene rings is 1. The maximum absolute atomic E-state index is 10.7. The largest absolute Gasteiger partial charge is 0.273 e. The molecule has 7 heteroatoms. The van der Waals surface area contributed by atoms with E-state index in [0.717, 1.165) is 9.87 Å². The third kappa shape index (κ3) is 3.01. The van der Waals surface area contributed by atoms with Gasteiger partial charge in [0.15, 0.2) is 0 Å². The monoisotopic (exact) mass is 244 g/mol. The van der Waals surface area contributed by atoms with Gasteiger partial charge in [-0.15, -0.1) is 0 Å². The number of aryl methyl sites for hydroxylation is 1. The molecule has 6 nitrogen and oxygen atoms in total. The molecule has 0 aliphatic rings. The Morgan fingerprint density at radius 1 is 1.44 bits per heavy atom. The summed E-state index contributed by atoms with van der Waals surface area (Å²) in [6.07, 6.45) is 0. The van der Waals surface area contributed by atoms with Gasteiger partial charge in [0.2, 0.25) is 10.9 Å². The van der Waals surface area contributed by atoms with Gasteiger partial charge in [-0.05, 0) is 13.0 Å². The van der Waals surface area contributed by atoms with Gasteiger partial charge in [-0.2, -0.15) is 0 Å². The highest BCUT2D eigenvalue weighted by molar-refractivity contribution is 7.69. The molecule has 0 saturated heterocycles. The fraction of sp³-hybridized carbons (Fsp3) is 0.333. The molecule has 0 amide bonds. The molecule has 1 rings (SSSR count). The fourth-order valence-corrected chi connectivity index (χ4v) is 1.59. The Balaban J connectivity index is 3.10. The lowest BCUT2D eigenvalue weighted by Crippen LogP contribution is -2.16. The molecule has 0 aromatic heterocycles. The Kier molecular flexibility index (Phi) is 3.97. The first-order chi connectivity index (χ1) is 7.41. The van der Waals surface area contributed by atoms with Crippen molar-refractivity contribution < 1.29 is 13.3 Å². The zero-order chi connectivity index (χ0) is 12.3. The SMILES string of the molecule is Cc1ccc([N+](=O)[O-])c(CN(C)[SH](=O)=O)c1. The van der Waals surface area contributed by atoms with E-state index in [1.807, 2.05) is 0 Å². The maximum Gasteiger partial charge on any atom is 0.273 e. The van der Waals surface area contributed by atoms with Crippen molar-refractivity contribution in [1.29, 1.82) is 0 Å². The van der Waals surface area contributed by atoms with Crippen LogP contribution in [-0.4, -0.2) is 24.7 Å². The zero-order valence-corrected chi connectivity index (χ0v) is 9.81. The third-order valence-electron chi connectivity index (χ3n) is 2.11. The van der Waals surface area contributed by atoms with E-state index in [1.165, 1.54) is 13.1 Å². The van der Waals surface area contributed by atoms with Crippen LogP contribution in [0.25, 0.3) is 0 Å². The standard InChI is InChI=1S/C9H12N2O4S/c1-7-3-4-9(11(12)13)8(5-7)6-10(2)16(14)15/h3-5,16H,6H2,1-2H3. The van der Waals surface area contributed by atoms with Gasteiger partial charge in [-0.3, -0.25) is 10.1 Å². The van der Waals surface area contributed by atoms with Crippen LogP contribution in [0.2, 0.25) is 0 Å². The first kappa shape index (κ1) is 12.6. The molecule has 1 aromatic rings. The van der Waals surface area contributed by atoms with Crippen LogP contribution in [0, 0.1) is 17.0 Å². The number of nitro benzene ring substituents is 1. The molecule has 0 bridgehead atoms. The van der Waals surface area contributed by atoms with Gasteiger partial charge >= 0.3 is 0 Å². The molecular formula is C9H12N2O4S. The molecule has 0 radical (unpaired) electrons. The van der Waals surface area contributed by atoms with E-state index in [0.29, 0.717) is 5.56 Å². The Bertz CT molecular complexity index is 476. The van der Waals surface area contributed by atoms with E-state index >= 15 is 0 Å². The highest BCUT2D eigenvalue weighted by atomic mass is 32.2. The van der Waals surface area contributed by atoms with Crippen LogP contribution in [0.15, 0.2) is 18.2 Å². The van der Waals surface area contributed by atoms with E-state index in [1.54, 1.807) is 19.1 Å². The van der Waals surface area contributed by atoms with Crippen LogP contribution < -0.4 is 0 Å². The molecule has 1 aromatic carbocycles. The van der Waals surface area contributed by atoms with Crippen LogP contribution in [-0.2, 0) is 17.4 Å². The lowest BCUT2D eigenvalue weighted by molar-refractivity contribution is -0.385. The number of hydrogen-bond acceptors (Lipinski definition) is 4. The lowest BCUT2D eigenvalue weighted by atomic mass is 10.1. The van der Waals surface area contributed by atoms with Crippen molar-refractivity contribution in [1.82, 2.24) is 4.31 Å². The van der Waals surface area contributed by atoms with Crippen LogP contribution in [0.3, 0.4) is 0 Å². The van der Waals surface area contributed by atoms with Crippen molar-refractivity contribution in [2.24, 2.45) is 0 Å². The molecule has 0 N–H and O–H groups in total. The first-order valence-corrected chi connectivity index (χ1v) is 5.64. The summed E-state index contributed by atoms with van der Waals surface area (Å²) in [4.78, 5) is 10.2. The van der Waals surface area contributed by atoms with Gasteiger partial charge in [0.1, 0.15) is 0 Å². The second-order valence-corrected chi connectivity index (χ2v) is 4.60. The molecule has 0 atom stereocenters. The van der Waals surface area contributed by atoms with Crippen LogP contribution in [0.4, 0.5) is 5.69 Å². The quantitative estimate of drug-likeness (QED) is 0.484. The van der Waals surface area contributed by atoms with Gasteiger partial charge in [0.25, 0.3) is 5.69 Å². The molecule has 0 spiro atoms. The molecule has 88 valence electrons. The van der Waals surface area contributed by atoms with Crippen molar-refractivity contribution in [3.63, 3.8) is 0 Å². The second-order valence-electron chi connectivity index (χ2n) is 3.44. The van der Waals surface area contributed by atoms with Crippen molar-refractivity contribution in [3.8, 4) is 0 Å². The molecule has 0 aliphatic heterocycles. The summed E-state index contributed by atoms with van der Waals surface area (Å²) in [5.41, 5.74) is 1.19. The predicted octanol–water partition coefficient (Wildman–Crippen LogP) is 0.861. The smallest absolute Gasteiger partial charge is 0.258 e. The first-order valence-electron chi connectivity index (χ1n) is 4.51. The topological polar surface area (TPSA) is 80.5 Å². The number of nitro groups is 1. The van der Waals surface area contributed by atoms with E-state index in [2.05, 4.69) is 0 Å². The summed E-state index contributed by atoms with van der Waals surface area (Å²) in [5, 5.41) is 10.7. The lowest BCUT2D eigenvalue weighted by Gasteiger charge is -2.09. The summed E-state index contributed by atoms with van der Waals surface area (Å²) in [7, 11) is -1.34. The fourth-order valence-electron chi connectivity index (χ4n) is 1.32. The Labute approximate surface area is 94.7 Å². The number of thiol groups is 1. The van der Waals surface area contributed by atoms with E-state index in [-0.39, 0.29) is 12.2 Å². The summed E-state index contributed by atoms with van der Waals surface area (Å²) >= 11 is 0. The summed E-state index contributed by atoms with van der Waals surface area (Å²) in [6.45, 7) is 1.81. The van der Waals surface area contributed by atoms with Gasteiger partial charge in [0, 0.05) is 25.2 Å². The van der Waals surface area contributed by atoms with Crippen LogP contribution >= 0.6 is 0 Å². The molecule has 0 aliphatic carbocycles. The minimum absolute atomic E-state index is 0.0106. The van der Waals surface area contributed by atoms with Crippen molar-refractivity contribution in [2.45, 2.75) is 13.5 Å². The summed E-state index contributed by atoms with van der Waals surface area (Å²) < 4.78 is 22.4. The minimum Gasteiger partial charge on any atom is -0.258 e. The van der Waals surface area contributed by atoms with Crippen molar-refractivity contribution in [2.75, 3.05) is 7.05 Å². The predicted molar refractivity (Wildman–Crippen MR) is 59.6 cm³/mol. The third-order valence-corrected chi connectivity index (χ3v) is 2.81. The maximum atomic E-state index is 10.7. The number of nitrogens with zero attached hydrogens (tertiary/aromatic N) is 2. The molecule has 0 unspecified atom stereocenters. The molecule has 16 heavy (non-hydrogen) atoms. The Morgan fingerprint density at radius 2 is 2.06 bits per heavy atom. The molecular weight excluding hydrogens is 232 g/mol. The van der Waals surface area contributed by atoms with Crippen molar-refractivity contribution >= 4 is 16.6 Å². The van der Waals surface area contributed by atoms with E-state index in [9.17, 15) is 18.5 Å². The normalized spacial score (nSPS) is 11.0. The average molecular weight is 244 g/mol. The second kappa shape index (κ2) is 5.04. The van der Waals surface area contributed by atoms with Crippen LogP contribution in [0.5, 0.6) is 0 Å². The van der Waals surface area contributed by atoms with Gasteiger partial charge < -0.3 is 0 Å². The summed E-state index contributed by atoms with van der Waals surface area (Å²) in [6, 6.07) is 4.63. The van der Waals surface area contributed by atoms with Crippen molar-refractivity contribution in [3.05, 3.63) is 39.4 Å². The molecule has 0 saturated carbocycles. The highest BCUT2D eigenvalue weighted by Crippen LogP contribution is 2.21. The Morgan fingerprint density at radius 3 is 2.56 bits per heavy atom. The minimum atomic E-state index is -2.72. The average Bonchev–Trinajstić information content (AvgIpc) is 2.16. The highest BCUT2D eigenvalue weighted by Gasteiger charge is 2.15. The Hall–Kier alpha value is -1.47. The summed E-state index contributed by atoms with van der Waals surface area (Å²) in [5.74, 6) is 0. The van der Waals surface area contributed by atoms with E-state index < -0.39 is 15.8 Å². The van der Waals surface area contributed by atoms with Crippen LogP contribution in [0.1, 0.15) is 11.1 Å². The number of hydrogen-bond donors (Lipinski definition) is 1. The zero-order valence-electron chi connectivity index (χ0n) is 8.91. The molecule has 0 fully saturated rings. The van der Waals surface area contributed by atoms with Gasteiger partial charge in [-0.25, -0.2) is 12.7 Å². The van der Waals surface area contributed by atoms with Gasteiger partial charge in [0.05, 0.1) is 4.92 Å². The number of rotatable bonds is 4. The van der Waals surface area contributed by atoms with E-state index in [4.69, 9.17) is 0 Å².